The van der Waals surface area contributed by atoms with Gasteiger partial charge in [-0.2, -0.15) is 11.3 Å². The van der Waals surface area contributed by atoms with E-state index in [-0.39, 0.29) is 11.9 Å². The summed E-state index contributed by atoms with van der Waals surface area (Å²) >= 11 is 1.70. The highest BCUT2D eigenvalue weighted by Crippen LogP contribution is 2.07. The second-order valence-electron chi connectivity index (χ2n) is 4.15. The van der Waals surface area contributed by atoms with Gasteiger partial charge in [0.05, 0.1) is 10.1 Å². The normalized spacial score (nSPS) is 11.5. The summed E-state index contributed by atoms with van der Waals surface area (Å²) in [5.41, 5.74) is 1.34. The first kappa shape index (κ1) is 17.5. The molecule has 0 spiro atoms. The largest absolute Gasteiger partial charge is 0.748 e. The fourth-order valence-corrected chi connectivity index (χ4v) is 2.79. The van der Waals surface area contributed by atoms with Crippen LogP contribution in [-0.4, -0.2) is 43.8 Å². The number of likely N-dealkylation sites (N-methyl/N-ethyl adjacent to an activating group) is 1. The van der Waals surface area contributed by atoms with E-state index in [1.165, 1.54) is 5.56 Å². The summed E-state index contributed by atoms with van der Waals surface area (Å²) in [6.45, 7) is 1.79. The third-order valence-corrected chi connectivity index (χ3v) is 4.07. The van der Waals surface area contributed by atoms with Crippen LogP contribution in [0.1, 0.15) is 18.4 Å². The van der Waals surface area contributed by atoms with E-state index in [1.54, 1.807) is 11.3 Å². The molecule has 18 heavy (non-hydrogen) atoms. The molecule has 0 aliphatic heterocycles. The summed E-state index contributed by atoms with van der Waals surface area (Å²) in [5.74, 6) is -0.245. The summed E-state index contributed by atoms with van der Waals surface area (Å²) in [6, 6.07) is 2.11. The van der Waals surface area contributed by atoms with Gasteiger partial charge < -0.3 is 15.6 Å². The van der Waals surface area contributed by atoms with E-state index in [9.17, 15) is 13.0 Å². The Morgan fingerprint density at radius 1 is 1.33 bits per heavy atom. The zero-order valence-corrected chi connectivity index (χ0v) is 12.6. The van der Waals surface area contributed by atoms with E-state index in [4.69, 9.17) is 0 Å². The maximum atomic E-state index is 10.4. The average Bonchev–Trinajstić information content (AvgIpc) is 2.73. The van der Waals surface area contributed by atoms with Crippen molar-refractivity contribution in [2.24, 2.45) is 0 Å². The van der Waals surface area contributed by atoms with Crippen molar-refractivity contribution < 1.29 is 13.0 Å². The van der Waals surface area contributed by atoms with Gasteiger partial charge in [0.25, 0.3) is 0 Å². The van der Waals surface area contributed by atoms with Crippen LogP contribution in [0.15, 0.2) is 16.8 Å². The number of quaternary nitrogens is 1. The third kappa shape index (κ3) is 8.60. The van der Waals surface area contributed by atoms with Crippen molar-refractivity contribution in [2.75, 3.05) is 25.9 Å². The van der Waals surface area contributed by atoms with E-state index in [0.717, 1.165) is 25.9 Å². The molecule has 0 amide bonds. The second kappa shape index (κ2) is 8.60. The zero-order chi connectivity index (χ0) is 12.7. The van der Waals surface area contributed by atoms with Crippen molar-refractivity contribution in [1.82, 2.24) is 11.1 Å². The lowest BCUT2D eigenvalue weighted by Crippen LogP contribution is -2.22. The molecule has 4 N–H and O–H groups in total. The Balaban J connectivity index is 0.00000289. The summed E-state index contributed by atoms with van der Waals surface area (Å²) in [5, 5.41) is 4.20. The maximum absolute atomic E-state index is 10.4. The molecule has 0 unspecified atom stereocenters. The highest BCUT2D eigenvalue weighted by molar-refractivity contribution is 7.85. The molecule has 7 heteroatoms. The van der Waals surface area contributed by atoms with Crippen LogP contribution in [0.2, 0.25) is 0 Å². The summed E-state index contributed by atoms with van der Waals surface area (Å²) < 4.78 is 31.2. The molecule has 0 aliphatic rings. The van der Waals surface area contributed by atoms with Gasteiger partial charge in [-0.15, -0.1) is 0 Å². The lowest BCUT2D eigenvalue weighted by atomic mass is 10.2. The van der Waals surface area contributed by atoms with Gasteiger partial charge in [0.1, 0.15) is 0 Å². The second-order valence-corrected chi connectivity index (χ2v) is 6.46. The van der Waals surface area contributed by atoms with Crippen LogP contribution in [0, 0.1) is 0 Å². The fraction of sp³-hybridized carbons (Fsp3) is 0.636. The van der Waals surface area contributed by atoms with E-state index < -0.39 is 10.1 Å². The van der Waals surface area contributed by atoms with Crippen LogP contribution < -0.4 is 6.15 Å². The van der Waals surface area contributed by atoms with Crippen LogP contribution in [0.5, 0.6) is 0 Å². The quantitative estimate of drug-likeness (QED) is 0.585. The van der Waals surface area contributed by atoms with Crippen LogP contribution in [0.25, 0.3) is 0 Å². The van der Waals surface area contributed by atoms with Crippen molar-refractivity contribution >= 4 is 21.5 Å². The first-order valence-corrected chi connectivity index (χ1v) is 8.12. The molecule has 1 heterocycles. The SMILES string of the molecule is CN(CCCCS(=O)(=O)[O-])CCc1ccsc1.[NH4+]. The molecular formula is C11H22N2O3S2. The summed E-state index contributed by atoms with van der Waals surface area (Å²) in [7, 11) is -2.02. The maximum Gasteiger partial charge on any atom is 0.0945 e. The van der Waals surface area contributed by atoms with Gasteiger partial charge in [-0.3, -0.25) is 0 Å². The Morgan fingerprint density at radius 2 is 2.06 bits per heavy atom. The molecular weight excluding hydrogens is 272 g/mol. The first-order valence-electron chi connectivity index (χ1n) is 5.60. The van der Waals surface area contributed by atoms with Crippen molar-refractivity contribution in [3.8, 4) is 0 Å². The fourth-order valence-electron chi connectivity index (χ4n) is 1.53. The number of thiophene rings is 1. The molecule has 106 valence electrons. The lowest BCUT2D eigenvalue weighted by Gasteiger charge is -2.16. The third-order valence-electron chi connectivity index (χ3n) is 2.55. The van der Waals surface area contributed by atoms with Gasteiger partial charge in [0.15, 0.2) is 0 Å². The number of nitrogens with zero attached hydrogens (tertiary/aromatic N) is 1. The van der Waals surface area contributed by atoms with Gasteiger partial charge in [-0.1, -0.05) is 0 Å². The molecule has 0 saturated heterocycles. The number of hydrogen-bond acceptors (Lipinski definition) is 5. The van der Waals surface area contributed by atoms with Gasteiger partial charge >= 0.3 is 0 Å². The summed E-state index contributed by atoms with van der Waals surface area (Å²) in [6.07, 6.45) is 2.22. The van der Waals surface area contributed by atoms with Crippen molar-refractivity contribution in [3.63, 3.8) is 0 Å². The van der Waals surface area contributed by atoms with Gasteiger partial charge in [-0.05, 0) is 55.2 Å². The Bertz CT molecular complexity index is 404. The highest BCUT2D eigenvalue weighted by atomic mass is 32.2. The molecule has 1 aromatic heterocycles. The molecule has 0 saturated carbocycles. The smallest absolute Gasteiger partial charge is 0.0945 e. The Hall–Kier alpha value is -0.470. The van der Waals surface area contributed by atoms with Crippen LogP contribution in [-0.2, 0) is 16.5 Å². The van der Waals surface area contributed by atoms with Crippen LogP contribution in [0.4, 0.5) is 0 Å². The Labute approximate surface area is 113 Å². The van der Waals surface area contributed by atoms with Crippen LogP contribution >= 0.6 is 11.3 Å². The molecule has 0 bridgehead atoms. The standard InChI is InChI=1S/C11H19NO3S2.H3N/c1-12(6-2-3-9-17(13,14)15)7-4-11-5-8-16-10-11;/h5,8,10H,2-4,6-7,9H2,1H3,(H,13,14,15);1H3. The monoisotopic (exact) mass is 294 g/mol. The molecule has 0 aromatic carbocycles. The van der Waals surface area contributed by atoms with Gasteiger partial charge in [0, 0.05) is 12.3 Å². The molecule has 0 atom stereocenters. The predicted octanol–water partition coefficient (Wildman–Crippen LogP) is 1.92. The van der Waals surface area contributed by atoms with Crippen LogP contribution in [0.3, 0.4) is 0 Å². The minimum absolute atomic E-state index is 0. The molecule has 0 fully saturated rings. The molecule has 1 aromatic rings. The van der Waals surface area contributed by atoms with E-state index in [0.29, 0.717) is 6.42 Å². The van der Waals surface area contributed by atoms with Crippen molar-refractivity contribution in [2.45, 2.75) is 19.3 Å². The molecule has 1 rings (SSSR count). The van der Waals surface area contributed by atoms with Gasteiger partial charge in [-0.25, -0.2) is 8.42 Å². The first-order chi connectivity index (χ1) is 7.97. The Morgan fingerprint density at radius 3 is 2.61 bits per heavy atom. The topological polar surface area (TPSA) is 96.9 Å². The average molecular weight is 294 g/mol. The van der Waals surface area contributed by atoms with E-state index in [1.807, 2.05) is 7.05 Å². The summed E-state index contributed by atoms with van der Waals surface area (Å²) in [4.78, 5) is 2.16. The van der Waals surface area contributed by atoms with E-state index in [2.05, 4.69) is 21.7 Å². The number of rotatable bonds is 8. The number of hydrogen-bond donors (Lipinski definition) is 1. The Kier molecular flexibility index (Phi) is 8.38. The minimum atomic E-state index is -4.04. The lowest BCUT2D eigenvalue weighted by molar-refractivity contribution is 0.331. The zero-order valence-electron chi connectivity index (χ0n) is 11.0. The van der Waals surface area contributed by atoms with Crippen molar-refractivity contribution in [1.29, 1.82) is 0 Å². The predicted molar refractivity (Wildman–Crippen MR) is 75.3 cm³/mol. The minimum Gasteiger partial charge on any atom is -0.748 e. The van der Waals surface area contributed by atoms with Crippen molar-refractivity contribution in [3.05, 3.63) is 22.4 Å². The highest BCUT2D eigenvalue weighted by Gasteiger charge is 2.01. The molecule has 0 radical (unpaired) electrons. The number of unbranched alkanes of at least 4 members (excludes halogenated alkanes) is 1. The van der Waals surface area contributed by atoms with E-state index >= 15 is 0 Å². The van der Waals surface area contributed by atoms with Gasteiger partial charge in [0.2, 0.25) is 0 Å². The molecule has 0 aliphatic carbocycles. The molecule has 5 nitrogen and oxygen atoms in total.